The monoisotopic (exact) mass is 589 g/mol. The Labute approximate surface area is 240 Å². The average Bonchev–Trinajstić information content (AvgIpc) is 2.90. The van der Waals surface area contributed by atoms with E-state index in [1.165, 1.54) is 29.2 Å². The summed E-state index contributed by atoms with van der Waals surface area (Å²) in [5.74, 6) is -0.676. The molecule has 0 heterocycles. The summed E-state index contributed by atoms with van der Waals surface area (Å²) in [6.07, 6.45) is 0. The summed E-state index contributed by atoms with van der Waals surface area (Å²) < 4.78 is 28.8. The quantitative estimate of drug-likeness (QED) is 0.311. The highest BCUT2D eigenvalue weighted by Crippen LogP contribution is 2.28. The summed E-state index contributed by atoms with van der Waals surface area (Å²) >= 11 is 12.4. The molecule has 7 nitrogen and oxygen atoms in total. The first kappa shape index (κ1) is 30.5. The van der Waals surface area contributed by atoms with E-state index in [9.17, 15) is 18.0 Å². The van der Waals surface area contributed by atoms with Crippen molar-refractivity contribution in [3.8, 4) is 0 Å². The van der Waals surface area contributed by atoms with E-state index >= 15 is 0 Å². The maximum absolute atomic E-state index is 13.9. The van der Waals surface area contributed by atoms with Gasteiger partial charge in [0.25, 0.3) is 10.0 Å². The van der Waals surface area contributed by atoms with Gasteiger partial charge in [-0.05, 0) is 67.3 Å². The van der Waals surface area contributed by atoms with Crippen LogP contribution in [0.1, 0.15) is 31.9 Å². The Morgan fingerprint density at radius 1 is 0.897 bits per heavy atom. The largest absolute Gasteiger partial charge is 0.354 e. The van der Waals surface area contributed by atoms with Crippen LogP contribution in [0.3, 0.4) is 0 Å². The summed E-state index contributed by atoms with van der Waals surface area (Å²) in [4.78, 5) is 28.3. The molecule has 0 saturated heterocycles. The third kappa shape index (κ3) is 7.75. The van der Waals surface area contributed by atoms with Gasteiger partial charge in [0.15, 0.2) is 0 Å². The van der Waals surface area contributed by atoms with E-state index in [0.717, 1.165) is 4.31 Å². The van der Waals surface area contributed by atoms with Crippen LogP contribution in [-0.2, 0) is 26.2 Å². The van der Waals surface area contributed by atoms with Gasteiger partial charge in [0.2, 0.25) is 11.8 Å². The van der Waals surface area contributed by atoms with Crippen LogP contribution in [0.15, 0.2) is 77.7 Å². The van der Waals surface area contributed by atoms with Crippen LogP contribution in [0.5, 0.6) is 0 Å². The molecule has 0 radical (unpaired) electrons. The molecular formula is C29H33Cl2N3O4S. The van der Waals surface area contributed by atoms with Crippen LogP contribution in [0, 0.1) is 12.8 Å². The smallest absolute Gasteiger partial charge is 0.264 e. The molecule has 0 unspecified atom stereocenters. The highest BCUT2D eigenvalue weighted by molar-refractivity contribution is 7.92. The molecule has 0 aromatic heterocycles. The Kier molecular flexibility index (Phi) is 10.4. The minimum absolute atomic E-state index is 0.0108. The molecule has 208 valence electrons. The summed E-state index contributed by atoms with van der Waals surface area (Å²) in [7, 11) is -4.17. The zero-order valence-electron chi connectivity index (χ0n) is 22.4. The van der Waals surface area contributed by atoms with Crippen molar-refractivity contribution in [3.63, 3.8) is 0 Å². The van der Waals surface area contributed by atoms with Gasteiger partial charge in [0, 0.05) is 23.1 Å². The number of nitrogens with one attached hydrogen (secondary N) is 1. The summed E-state index contributed by atoms with van der Waals surface area (Å²) in [6, 6.07) is 18.8. The number of carbonyl (C=O) groups excluding carboxylic acids is 2. The number of anilines is 1. The predicted molar refractivity (Wildman–Crippen MR) is 156 cm³/mol. The number of para-hydroxylation sites is 1. The highest BCUT2D eigenvalue weighted by atomic mass is 35.5. The van der Waals surface area contributed by atoms with E-state index in [1.807, 2.05) is 13.8 Å². The van der Waals surface area contributed by atoms with Gasteiger partial charge < -0.3 is 10.2 Å². The molecule has 0 bridgehead atoms. The number of hydrogen-bond acceptors (Lipinski definition) is 4. The Morgan fingerprint density at radius 2 is 1.51 bits per heavy atom. The number of carbonyl (C=O) groups is 2. The zero-order valence-corrected chi connectivity index (χ0v) is 24.7. The van der Waals surface area contributed by atoms with Crippen LogP contribution in [0.4, 0.5) is 5.69 Å². The lowest BCUT2D eigenvalue weighted by Crippen LogP contribution is -2.51. The minimum atomic E-state index is -4.17. The normalized spacial score (nSPS) is 12.2. The second kappa shape index (κ2) is 13.3. The van der Waals surface area contributed by atoms with E-state index in [-0.39, 0.29) is 23.3 Å². The highest BCUT2D eigenvalue weighted by Gasteiger charge is 2.33. The molecule has 3 aromatic rings. The molecule has 0 aliphatic rings. The molecule has 1 atom stereocenters. The average molecular weight is 591 g/mol. The van der Waals surface area contributed by atoms with E-state index in [0.29, 0.717) is 33.4 Å². The lowest BCUT2D eigenvalue weighted by Gasteiger charge is -2.32. The van der Waals surface area contributed by atoms with Gasteiger partial charge in [0.05, 0.1) is 10.6 Å². The van der Waals surface area contributed by atoms with E-state index < -0.39 is 28.5 Å². The van der Waals surface area contributed by atoms with Gasteiger partial charge in [-0.2, -0.15) is 0 Å². The van der Waals surface area contributed by atoms with Crippen molar-refractivity contribution in [3.05, 3.63) is 94.0 Å². The second-order valence-corrected chi connectivity index (χ2v) is 12.4. The topological polar surface area (TPSA) is 86.8 Å². The number of halogens is 2. The summed E-state index contributed by atoms with van der Waals surface area (Å²) in [5, 5.41) is 3.69. The Morgan fingerprint density at radius 3 is 2.13 bits per heavy atom. The maximum Gasteiger partial charge on any atom is 0.264 e. The molecular weight excluding hydrogens is 557 g/mol. The van der Waals surface area contributed by atoms with Gasteiger partial charge in [0.1, 0.15) is 12.6 Å². The predicted octanol–water partition coefficient (Wildman–Crippen LogP) is 5.69. The molecule has 10 heteroatoms. The maximum atomic E-state index is 13.9. The third-order valence-electron chi connectivity index (χ3n) is 6.22. The number of benzene rings is 3. The fourth-order valence-corrected chi connectivity index (χ4v) is 5.74. The molecule has 0 spiro atoms. The number of hydrogen-bond donors (Lipinski definition) is 1. The summed E-state index contributed by atoms with van der Waals surface area (Å²) in [6.45, 7) is 7.28. The van der Waals surface area contributed by atoms with Crippen molar-refractivity contribution in [2.24, 2.45) is 5.92 Å². The van der Waals surface area contributed by atoms with Gasteiger partial charge in [-0.25, -0.2) is 8.42 Å². The van der Waals surface area contributed by atoms with Gasteiger partial charge in [-0.1, -0.05) is 73.4 Å². The number of sulfonamides is 1. The first-order chi connectivity index (χ1) is 18.4. The van der Waals surface area contributed by atoms with Crippen LogP contribution in [-0.4, -0.2) is 44.3 Å². The fraction of sp³-hybridized carbons (Fsp3) is 0.310. The lowest BCUT2D eigenvalue weighted by molar-refractivity contribution is -0.139. The van der Waals surface area contributed by atoms with Crippen LogP contribution >= 0.6 is 23.2 Å². The molecule has 0 aliphatic heterocycles. The number of nitrogens with zero attached hydrogens (tertiary/aromatic N) is 2. The fourth-order valence-electron chi connectivity index (χ4n) is 3.94. The van der Waals surface area contributed by atoms with E-state index in [2.05, 4.69) is 5.32 Å². The van der Waals surface area contributed by atoms with Crippen molar-refractivity contribution in [1.29, 1.82) is 0 Å². The van der Waals surface area contributed by atoms with Crippen LogP contribution in [0.25, 0.3) is 0 Å². The molecule has 39 heavy (non-hydrogen) atoms. The molecule has 0 aliphatic carbocycles. The van der Waals surface area contributed by atoms with Crippen molar-refractivity contribution in [1.82, 2.24) is 10.2 Å². The van der Waals surface area contributed by atoms with E-state index in [4.69, 9.17) is 23.2 Å². The summed E-state index contributed by atoms with van der Waals surface area (Å²) in [5.41, 5.74) is 1.66. The van der Waals surface area contributed by atoms with Gasteiger partial charge in [-0.3, -0.25) is 13.9 Å². The van der Waals surface area contributed by atoms with Crippen molar-refractivity contribution in [2.75, 3.05) is 17.4 Å². The number of amides is 2. The van der Waals surface area contributed by atoms with Gasteiger partial charge in [-0.15, -0.1) is 0 Å². The van der Waals surface area contributed by atoms with Crippen molar-refractivity contribution in [2.45, 2.75) is 45.2 Å². The molecule has 3 rings (SSSR count). The number of aryl methyl sites for hydroxylation is 1. The Bertz CT molecular complexity index is 1410. The molecule has 3 aromatic carbocycles. The van der Waals surface area contributed by atoms with Gasteiger partial charge >= 0.3 is 0 Å². The van der Waals surface area contributed by atoms with Crippen molar-refractivity contribution >= 4 is 50.7 Å². The molecule has 1 N–H and O–H groups in total. The second-order valence-electron chi connectivity index (χ2n) is 9.68. The van der Waals surface area contributed by atoms with Crippen LogP contribution in [0.2, 0.25) is 10.0 Å². The first-order valence-corrected chi connectivity index (χ1v) is 14.8. The molecule has 2 amide bonds. The third-order valence-corrected chi connectivity index (χ3v) is 8.61. The lowest BCUT2D eigenvalue weighted by atomic mass is 10.1. The van der Waals surface area contributed by atoms with E-state index in [1.54, 1.807) is 62.4 Å². The minimum Gasteiger partial charge on any atom is -0.354 e. The van der Waals surface area contributed by atoms with Crippen molar-refractivity contribution < 1.29 is 18.0 Å². The Hall–Kier alpha value is -3.07. The first-order valence-electron chi connectivity index (χ1n) is 12.6. The standard InChI is InChI=1S/C29H33Cl2N3O4S/c1-20(2)17-32-29(36)22(4)33(18-23-10-6-7-11-26(23)31)28(35)19-34(27-12-8-5-9-21(27)3)39(37,38)25-15-13-24(30)14-16-25/h5-16,20,22H,17-19H2,1-4H3,(H,32,36)/t22-/m0/s1. The number of rotatable bonds is 11. The Balaban J connectivity index is 2.03. The SMILES string of the molecule is Cc1ccccc1N(CC(=O)N(Cc1ccccc1Cl)[C@@H](C)C(=O)NCC(C)C)S(=O)(=O)c1ccc(Cl)cc1. The molecule has 0 fully saturated rings. The van der Waals surface area contributed by atoms with Crippen LogP contribution < -0.4 is 9.62 Å². The molecule has 0 saturated carbocycles. The zero-order chi connectivity index (χ0) is 28.7.